The quantitative estimate of drug-likeness (QED) is 0.0375. The standard InChI is InChI=1S/C53H78O8Si4/c1-40(54)57-46-27-22-43(23-28-46)53(34-16-15-17-35-53)44-24-29-47(30-25-44)58-51(55)59-48-31-32-49(41(39-48)20-18-36-64(11,12)60-62(5,6)7)52(2,3)45-26-33-50(56-4)42(38-45)21-19-37-65(13,14)61-63(8,9)10/h22-33,38-39H,15-21,34-37H2,1-14H3. The summed E-state index contributed by atoms with van der Waals surface area (Å²) in [4.78, 5) is 25.0. The molecular formula is C53H78O8Si4. The van der Waals surface area contributed by atoms with Gasteiger partial charge < -0.3 is 27.2 Å². The molecule has 1 saturated carbocycles. The minimum absolute atomic E-state index is 0.176. The lowest BCUT2D eigenvalue weighted by molar-refractivity contribution is -0.131. The molecule has 0 aromatic heterocycles. The highest BCUT2D eigenvalue weighted by atomic mass is 28.4. The van der Waals surface area contributed by atoms with Gasteiger partial charge in [-0.05, 0) is 192 Å². The predicted octanol–water partition coefficient (Wildman–Crippen LogP) is 14.8. The molecule has 0 aliphatic heterocycles. The van der Waals surface area contributed by atoms with Gasteiger partial charge in [0.15, 0.2) is 33.3 Å². The lowest BCUT2D eigenvalue weighted by Gasteiger charge is -2.38. The fourth-order valence-electron chi connectivity index (χ4n) is 10.1. The Morgan fingerprint density at radius 3 is 1.55 bits per heavy atom. The first-order valence-electron chi connectivity index (χ1n) is 23.8. The SMILES string of the molecule is COc1ccc(C(C)(C)c2ccc(OC(=O)Oc3ccc(C4(c5ccc(OC(C)=O)cc5)CCCCC4)cc3)cc2CCC[Si](C)(C)O[Si](C)(C)C)cc1CCC[Si](C)(C)O[Si](C)(C)C. The maximum atomic E-state index is 13.5. The van der Waals surface area contributed by atoms with E-state index in [-0.39, 0.29) is 16.8 Å². The molecule has 5 rings (SSSR count). The van der Waals surface area contributed by atoms with Crippen molar-refractivity contribution in [3.8, 4) is 23.0 Å². The lowest BCUT2D eigenvalue weighted by Crippen LogP contribution is -2.42. The molecule has 354 valence electrons. The van der Waals surface area contributed by atoms with Gasteiger partial charge in [0.1, 0.15) is 23.0 Å². The van der Waals surface area contributed by atoms with Crippen molar-refractivity contribution in [1.29, 1.82) is 0 Å². The second kappa shape index (κ2) is 21.4. The summed E-state index contributed by atoms with van der Waals surface area (Å²) in [7, 11) is -5.20. The molecule has 0 radical (unpaired) electrons. The van der Waals surface area contributed by atoms with Gasteiger partial charge in [-0.15, -0.1) is 0 Å². The largest absolute Gasteiger partial charge is 0.519 e. The van der Waals surface area contributed by atoms with E-state index in [9.17, 15) is 9.59 Å². The molecule has 1 fully saturated rings. The van der Waals surface area contributed by atoms with E-state index < -0.39 is 39.4 Å². The number of hydrogen-bond donors (Lipinski definition) is 0. The normalized spacial score (nSPS) is 14.7. The number of benzene rings is 4. The summed E-state index contributed by atoms with van der Waals surface area (Å²) in [6, 6.07) is 30.6. The molecule has 1 aliphatic carbocycles. The Morgan fingerprint density at radius 2 is 1.06 bits per heavy atom. The van der Waals surface area contributed by atoms with Crippen LogP contribution >= 0.6 is 0 Å². The Hall–Kier alpha value is -3.79. The maximum absolute atomic E-state index is 13.5. The van der Waals surface area contributed by atoms with Crippen molar-refractivity contribution in [2.24, 2.45) is 0 Å². The highest BCUT2D eigenvalue weighted by molar-refractivity contribution is 6.84. The zero-order chi connectivity index (χ0) is 47.8. The number of aryl methyl sites for hydroxylation is 2. The van der Waals surface area contributed by atoms with Crippen molar-refractivity contribution in [3.05, 3.63) is 118 Å². The van der Waals surface area contributed by atoms with Crippen LogP contribution in [0.4, 0.5) is 4.79 Å². The molecule has 0 N–H and O–H groups in total. The molecule has 8 nitrogen and oxygen atoms in total. The number of methoxy groups -OCH3 is 1. The van der Waals surface area contributed by atoms with Gasteiger partial charge in [-0.25, -0.2) is 4.79 Å². The second-order valence-corrected chi connectivity index (χ2v) is 40.0. The average molecular weight is 956 g/mol. The van der Waals surface area contributed by atoms with Gasteiger partial charge in [-0.1, -0.05) is 75.6 Å². The molecule has 65 heavy (non-hydrogen) atoms. The third kappa shape index (κ3) is 15.1. The second-order valence-electron chi connectivity index (χ2n) is 21.9. The Kier molecular flexibility index (Phi) is 17.2. The number of hydrogen-bond acceptors (Lipinski definition) is 8. The summed E-state index contributed by atoms with van der Waals surface area (Å²) < 4.78 is 36.3. The molecule has 12 heteroatoms. The molecule has 4 aromatic carbocycles. The van der Waals surface area contributed by atoms with Crippen LogP contribution in [-0.4, -0.2) is 52.5 Å². The van der Waals surface area contributed by atoms with E-state index in [0.29, 0.717) is 17.2 Å². The number of ether oxygens (including phenoxy) is 4. The summed E-state index contributed by atoms with van der Waals surface area (Å²) in [6.07, 6.45) is 8.46. The van der Waals surface area contributed by atoms with Crippen LogP contribution in [0.15, 0.2) is 84.9 Å². The molecule has 0 bridgehead atoms. The van der Waals surface area contributed by atoms with Gasteiger partial charge in [0.25, 0.3) is 0 Å². The first-order chi connectivity index (χ1) is 30.3. The highest BCUT2D eigenvalue weighted by Gasteiger charge is 2.36. The molecule has 4 aromatic rings. The van der Waals surface area contributed by atoms with Crippen LogP contribution in [0.2, 0.25) is 77.6 Å². The van der Waals surface area contributed by atoms with Crippen LogP contribution in [0.1, 0.15) is 99.1 Å². The van der Waals surface area contributed by atoms with Gasteiger partial charge in [-0.2, -0.15) is 0 Å². The Morgan fingerprint density at radius 1 is 0.585 bits per heavy atom. The summed E-state index contributed by atoms with van der Waals surface area (Å²) in [6.45, 7) is 29.0. The van der Waals surface area contributed by atoms with Crippen LogP contribution in [-0.2, 0) is 36.7 Å². The fourth-order valence-corrected chi connectivity index (χ4v) is 26.2. The van der Waals surface area contributed by atoms with Crippen molar-refractivity contribution < 1.29 is 36.8 Å². The Balaban J connectivity index is 1.37. The lowest BCUT2D eigenvalue weighted by atomic mass is 9.65. The van der Waals surface area contributed by atoms with Crippen molar-refractivity contribution in [2.75, 3.05) is 7.11 Å². The molecule has 0 saturated heterocycles. The molecule has 0 unspecified atom stereocenters. The number of carbonyl (C=O) groups is 2. The van der Waals surface area contributed by atoms with Crippen molar-refractivity contribution in [2.45, 2.75) is 167 Å². The molecule has 0 atom stereocenters. The summed E-state index contributed by atoms with van der Waals surface area (Å²) in [5.74, 6) is 2.01. The monoisotopic (exact) mass is 954 g/mol. The smallest absolute Gasteiger partial charge is 0.496 e. The Bertz CT molecular complexity index is 2210. The zero-order valence-corrected chi connectivity index (χ0v) is 46.1. The summed E-state index contributed by atoms with van der Waals surface area (Å²) in [5.41, 5.74) is 6.61. The highest BCUT2D eigenvalue weighted by Crippen LogP contribution is 2.46. The van der Waals surface area contributed by atoms with E-state index in [1.807, 2.05) is 36.4 Å². The summed E-state index contributed by atoms with van der Waals surface area (Å²) in [5, 5.41) is 0. The number of carbonyl (C=O) groups excluding carboxylic acids is 2. The van der Waals surface area contributed by atoms with Gasteiger partial charge >= 0.3 is 12.1 Å². The molecule has 0 heterocycles. The van der Waals surface area contributed by atoms with E-state index >= 15 is 0 Å². The third-order valence-corrected chi connectivity index (χ3v) is 25.0. The number of esters is 1. The van der Waals surface area contributed by atoms with Crippen LogP contribution in [0, 0.1) is 0 Å². The molecular weight excluding hydrogens is 877 g/mol. The van der Waals surface area contributed by atoms with Crippen LogP contribution in [0.25, 0.3) is 0 Å². The zero-order valence-electron chi connectivity index (χ0n) is 42.1. The average Bonchev–Trinajstić information content (AvgIpc) is 3.19. The minimum atomic E-state index is -1.89. The van der Waals surface area contributed by atoms with E-state index in [0.717, 1.165) is 74.8 Å². The first-order valence-corrected chi connectivity index (χ1v) is 36.8. The maximum Gasteiger partial charge on any atom is 0.519 e. The van der Waals surface area contributed by atoms with Gasteiger partial charge in [-0.3, -0.25) is 4.79 Å². The molecule has 0 spiro atoms. The third-order valence-electron chi connectivity index (χ3n) is 12.6. The molecule has 1 aliphatic rings. The van der Waals surface area contributed by atoms with Crippen molar-refractivity contribution in [1.82, 2.24) is 0 Å². The van der Waals surface area contributed by atoms with E-state index in [1.165, 1.54) is 41.2 Å². The van der Waals surface area contributed by atoms with E-state index in [2.05, 4.69) is 128 Å². The Labute approximate surface area is 395 Å². The van der Waals surface area contributed by atoms with Crippen LogP contribution < -0.4 is 18.9 Å². The van der Waals surface area contributed by atoms with Gasteiger partial charge in [0.2, 0.25) is 0 Å². The van der Waals surface area contributed by atoms with Crippen molar-refractivity contribution in [3.63, 3.8) is 0 Å². The van der Waals surface area contributed by atoms with Gasteiger partial charge in [0, 0.05) is 17.8 Å². The molecule has 0 amide bonds. The van der Waals surface area contributed by atoms with Crippen LogP contribution in [0.5, 0.6) is 23.0 Å². The fraction of sp³-hybridized carbons (Fsp3) is 0.509. The van der Waals surface area contributed by atoms with Crippen LogP contribution in [0.3, 0.4) is 0 Å². The predicted molar refractivity (Wildman–Crippen MR) is 276 cm³/mol. The van der Waals surface area contributed by atoms with E-state index in [4.69, 9.17) is 27.2 Å². The number of rotatable bonds is 20. The van der Waals surface area contributed by atoms with E-state index in [1.54, 1.807) is 7.11 Å². The first kappa shape index (κ1) is 52.2. The van der Waals surface area contributed by atoms with Crippen molar-refractivity contribution >= 4 is 45.4 Å². The summed E-state index contributed by atoms with van der Waals surface area (Å²) >= 11 is 0. The van der Waals surface area contributed by atoms with Gasteiger partial charge in [0.05, 0.1) is 7.11 Å². The topological polar surface area (TPSA) is 89.5 Å². The minimum Gasteiger partial charge on any atom is -0.496 e.